The van der Waals surface area contributed by atoms with E-state index in [9.17, 15) is 13.6 Å². The molecule has 1 aromatic carbocycles. The molecule has 0 bridgehead atoms. The predicted octanol–water partition coefficient (Wildman–Crippen LogP) is 2.14. The van der Waals surface area contributed by atoms with Crippen molar-refractivity contribution in [3.63, 3.8) is 0 Å². The number of methoxy groups -OCH3 is 1. The average molecular weight is 241 g/mol. The predicted molar refractivity (Wildman–Crippen MR) is 57.8 cm³/mol. The normalized spacial score (nSPS) is 10.8. The van der Waals surface area contributed by atoms with E-state index in [4.69, 9.17) is 4.74 Å². The van der Waals surface area contributed by atoms with Crippen molar-refractivity contribution in [1.29, 1.82) is 0 Å². The third kappa shape index (κ3) is 2.06. The molecule has 0 spiro atoms. The van der Waals surface area contributed by atoms with Crippen molar-refractivity contribution in [2.45, 2.75) is 6.61 Å². The molecule has 6 heteroatoms. The van der Waals surface area contributed by atoms with E-state index in [0.29, 0.717) is 0 Å². The molecule has 0 saturated carbocycles. The number of aromatic amines is 1. The summed E-state index contributed by atoms with van der Waals surface area (Å²) < 4.78 is 33.9. The van der Waals surface area contributed by atoms with E-state index in [1.807, 2.05) is 0 Å². The summed E-state index contributed by atoms with van der Waals surface area (Å²) >= 11 is 0. The van der Waals surface area contributed by atoms with Gasteiger partial charge >= 0.3 is 6.61 Å². The van der Waals surface area contributed by atoms with Crippen LogP contribution in [0.25, 0.3) is 10.8 Å². The molecular weight excluding hydrogens is 232 g/mol. The molecule has 90 valence electrons. The van der Waals surface area contributed by atoms with E-state index in [1.165, 1.54) is 31.5 Å². The van der Waals surface area contributed by atoms with Gasteiger partial charge in [0.25, 0.3) is 5.56 Å². The van der Waals surface area contributed by atoms with Gasteiger partial charge in [-0.3, -0.25) is 4.79 Å². The highest BCUT2D eigenvalue weighted by atomic mass is 19.3. The zero-order valence-corrected chi connectivity index (χ0v) is 8.87. The minimum atomic E-state index is -2.98. The maximum absolute atomic E-state index is 12.3. The summed E-state index contributed by atoms with van der Waals surface area (Å²) in [5.41, 5.74) is -0.371. The number of benzene rings is 1. The highest BCUT2D eigenvalue weighted by Gasteiger charge is 2.15. The van der Waals surface area contributed by atoms with Crippen molar-refractivity contribution in [2.24, 2.45) is 0 Å². The molecule has 4 nitrogen and oxygen atoms in total. The summed E-state index contributed by atoms with van der Waals surface area (Å²) in [5, 5.41) is 0.553. The second-order valence-corrected chi connectivity index (χ2v) is 3.24. The second kappa shape index (κ2) is 4.40. The molecule has 0 aliphatic carbocycles. The van der Waals surface area contributed by atoms with Gasteiger partial charge in [-0.2, -0.15) is 8.78 Å². The van der Waals surface area contributed by atoms with Crippen LogP contribution in [0.1, 0.15) is 0 Å². The fourth-order valence-corrected chi connectivity index (χ4v) is 1.59. The van der Waals surface area contributed by atoms with Crippen LogP contribution in [0.5, 0.6) is 11.5 Å². The molecule has 0 fully saturated rings. The lowest BCUT2D eigenvalue weighted by Gasteiger charge is -2.11. The molecule has 0 radical (unpaired) electrons. The first kappa shape index (κ1) is 11.4. The molecule has 2 aromatic rings. The highest BCUT2D eigenvalue weighted by molar-refractivity contribution is 5.89. The molecule has 17 heavy (non-hydrogen) atoms. The summed E-state index contributed by atoms with van der Waals surface area (Å²) in [7, 11) is 1.34. The summed E-state index contributed by atoms with van der Waals surface area (Å²) in [5.74, 6) is 0.0227. The van der Waals surface area contributed by atoms with Gasteiger partial charge in [0.2, 0.25) is 0 Å². The Labute approximate surface area is 94.8 Å². The van der Waals surface area contributed by atoms with Crippen LogP contribution in [0.4, 0.5) is 8.78 Å². The van der Waals surface area contributed by atoms with Crippen LogP contribution in [-0.2, 0) is 0 Å². The molecule has 0 saturated heterocycles. The highest BCUT2D eigenvalue weighted by Crippen LogP contribution is 2.35. The SMILES string of the molecule is COc1ccc2c(=O)[nH]ccc2c1OC(F)F. The van der Waals surface area contributed by atoms with Crippen LogP contribution >= 0.6 is 0 Å². The molecule has 0 unspecified atom stereocenters. The van der Waals surface area contributed by atoms with Crippen molar-refractivity contribution >= 4 is 10.8 Å². The number of H-pyrrole nitrogens is 1. The second-order valence-electron chi connectivity index (χ2n) is 3.24. The number of pyridine rings is 1. The molecule has 1 aromatic heterocycles. The molecule has 0 atom stereocenters. The standard InChI is InChI=1S/C11H9F2NO3/c1-16-8-3-2-7-6(4-5-14-10(7)15)9(8)17-11(12)13/h2-5,11H,1H3,(H,14,15). The molecule has 1 heterocycles. The van der Waals surface area contributed by atoms with Crippen molar-refractivity contribution in [1.82, 2.24) is 4.98 Å². The lowest BCUT2D eigenvalue weighted by molar-refractivity contribution is -0.0501. The number of hydrogen-bond donors (Lipinski definition) is 1. The number of aromatic nitrogens is 1. The van der Waals surface area contributed by atoms with Gasteiger partial charge in [-0.1, -0.05) is 0 Å². The summed E-state index contributed by atoms with van der Waals surface area (Å²) in [6.07, 6.45) is 1.36. The maximum Gasteiger partial charge on any atom is 0.387 e. The van der Waals surface area contributed by atoms with Gasteiger partial charge in [0.05, 0.1) is 12.5 Å². The molecule has 2 rings (SSSR count). The Balaban J connectivity index is 2.74. The van der Waals surface area contributed by atoms with Gasteiger partial charge in [-0.25, -0.2) is 0 Å². The van der Waals surface area contributed by atoms with Gasteiger partial charge < -0.3 is 14.5 Å². The van der Waals surface area contributed by atoms with Crippen LogP contribution in [0.3, 0.4) is 0 Å². The number of alkyl halides is 2. The number of nitrogens with one attached hydrogen (secondary N) is 1. The number of halogens is 2. The Bertz CT molecular complexity index is 595. The maximum atomic E-state index is 12.3. The smallest absolute Gasteiger partial charge is 0.387 e. The summed E-state index contributed by atoms with van der Waals surface area (Å²) in [4.78, 5) is 13.9. The van der Waals surface area contributed by atoms with Gasteiger partial charge in [-0.15, -0.1) is 0 Å². The van der Waals surface area contributed by atoms with E-state index in [-0.39, 0.29) is 27.8 Å². The lowest BCUT2D eigenvalue weighted by Crippen LogP contribution is -2.08. The Hall–Kier alpha value is -2.11. The third-order valence-corrected chi connectivity index (χ3v) is 2.30. The minimum absolute atomic E-state index is 0.133. The Kier molecular flexibility index (Phi) is 2.95. The number of ether oxygens (including phenoxy) is 2. The lowest BCUT2D eigenvalue weighted by atomic mass is 10.1. The number of rotatable bonds is 3. The first-order chi connectivity index (χ1) is 8.13. The minimum Gasteiger partial charge on any atom is -0.493 e. The van der Waals surface area contributed by atoms with Crippen molar-refractivity contribution in [3.8, 4) is 11.5 Å². The first-order valence-corrected chi connectivity index (χ1v) is 4.76. The van der Waals surface area contributed by atoms with E-state index in [2.05, 4.69) is 9.72 Å². The third-order valence-electron chi connectivity index (χ3n) is 2.30. The number of fused-ring (bicyclic) bond motifs is 1. The quantitative estimate of drug-likeness (QED) is 0.895. The molecule has 0 amide bonds. The van der Waals surface area contributed by atoms with E-state index in [0.717, 1.165) is 0 Å². The van der Waals surface area contributed by atoms with Gasteiger partial charge in [-0.05, 0) is 18.2 Å². The van der Waals surface area contributed by atoms with E-state index < -0.39 is 6.61 Å². The van der Waals surface area contributed by atoms with Crippen molar-refractivity contribution in [2.75, 3.05) is 7.11 Å². The van der Waals surface area contributed by atoms with Crippen molar-refractivity contribution in [3.05, 3.63) is 34.7 Å². The Morgan fingerprint density at radius 3 is 2.65 bits per heavy atom. The summed E-state index contributed by atoms with van der Waals surface area (Å²) in [6.45, 7) is -2.98. The van der Waals surface area contributed by atoms with Gasteiger partial charge in [0.1, 0.15) is 0 Å². The van der Waals surface area contributed by atoms with Crippen LogP contribution in [0.15, 0.2) is 29.2 Å². The van der Waals surface area contributed by atoms with Crippen LogP contribution < -0.4 is 15.0 Å². The molecule has 0 aliphatic heterocycles. The first-order valence-electron chi connectivity index (χ1n) is 4.76. The zero-order valence-electron chi connectivity index (χ0n) is 8.87. The topological polar surface area (TPSA) is 51.3 Å². The number of hydrogen-bond acceptors (Lipinski definition) is 3. The van der Waals surface area contributed by atoms with Gasteiger partial charge in [0, 0.05) is 11.6 Å². The Morgan fingerprint density at radius 2 is 2.00 bits per heavy atom. The van der Waals surface area contributed by atoms with Crippen LogP contribution in [0.2, 0.25) is 0 Å². The molecule has 1 N–H and O–H groups in total. The monoisotopic (exact) mass is 241 g/mol. The molecular formula is C11H9F2NO3. The fourth-order valence-electron chi connectivity index (χ4n) is 1.59. The van der Waals surface area contributed by atoms with Crippen LogP contribution in [-0.4, -0.2) is 18.7 Å². The fraction of sp³-hybridized carbons (Fsp3) is 0.182. The zero-order chi connectivity index (χ0) is 12.4. The summed E-state index contributed by atoms with van der Waals surface area (Å²) in [6, 6.07) is 4.39. The van der Waals surface area contributed by atoms with Crippen molar-refractivity contribution < 1.29 is 18.3 Å². The molecule has 0 aliphatic rings. The largest absolute Gasteiger partial charge is 0.493 e. The van der Waals surface area contributed by atoms with E-state index in [1.54, 1.807) is 0 Å². The average Bonchev–Trinajstić information content (AvgIpc) is 2.29. The Morgan fingerprint density at radius 1 is 1.24 bits per heavy atom. The van der Waals surface area contributed by atoms with Crippen LogP contribution in [0, 0.1) is 0 Å². The van der Waals surface area contributed by atoms with E-state index >= 15 is 0 Å². The van der Waals surface area contributed by atoms with Gasteiger partial charge in [0.15, 0.2) is 11.5 Å².